The summed E-state index contributed by atoms with van der Waals surface area (Å²) in [5, 5.41) is 10.7. The minimum Gasteiger partial charge on any atom is -0.258 e. The quantitative estimate of drug-likeness (QED) is 0.645. The molecule has 0 unspecified atom stereocenters. The topological polar surface area (TPSA) is 89.3 Å². The second-order valence-corrected chi connectivity index (χ2v) is 7.04. The average Bonchev–Trinajstić information content (AvgIpc) is 2.31. The molecular weight excluding hydrogens is 299 g/mol. The van der Waals surface area contributed by atoms with E-state index in [1.54, 1.807) is 0 Å². The summed E-state index contributed by atoms with van der Waals surface area (Å²) in [5.74, 6) is -0.484. The molecule has 0 amide bonds. The highest BCUT2D eigenvalue weighted by Gasteiger charge is 2.25. The summed E-state index contributed by atoms with van der Waals surface area (Å²) in [6.45, 7) is 1.70. The first-order valence-electron chi connectivity index (χ1n) is 6.75. The first-order chi connectivity index (χ1) is 9.81. The second-order valence-electron chi connectivity index (χ2n) is 5.31. The Morgan fingerprint density at radius 2 is 2.10 bits per heavy atom. The smallest absolute Gasteiger partial charge is 0.258 e. The molecule has 0 aromatic heterocycles. The zero-order chi connectivity index (χ0) is 15.6. The first kappa shape index (κ1) is 15.8. The average molecular weight is 316 g/mol. The summed E-state index contributed by atoms with van der Waals surface area (Å²) < 4.78 is 40.2. The van der Waals surface area contributed by atoms with Gasteiger partial charge in [-0.3, -0.25) is 10.1 Å². The molecule has 1 aromatic rings. The predicted molar refractivity (Wildman–Crippen MR) is 74.9 cm³/mol. The van der Waals surface area contributed by atoms with E-state index < -0.39 is 26.5 Å². The van der Waals surface area contributed by atoms with Crippen LogP contribution >= 0.6 is 0 Å². The molecule has 0 saturated heterocycles. The summed E-state index contributed by atoms with van der Waals surface area (Å²) in [6.07, 6.45) is 4.16. The molecule has 1 aromatic carbocycles. The van der Waals surface area contributed by atoms with Crippen molar-refractivity contribution >= 4 is 15.7 Å². The Bertz CT molecular complexity index is 656. The van der Waals surface area contributed by atoms with Crippen LogP contribution in [0.5, 0.6) is 0 Å². The van der Waals surface area contributed by atoms with Crippen molar-refractivity contribution in [3.05, 3.63) is 33.6 Å². The largest absolute Gasteiger partial charge is 0.306 e. The van der Waals surface area contributed by atoms with Crippen LogP contribution in [0.3, 0.4) is 0 Å². The summed E-state index contributed by atoms with van der Waals surface area (Å²) in [7, 11) is -3.86. The molecule has 1 saturated carbocycles. The Balaban J connectivity index is 2.17. The molecule has 21 heavy (non-hydrogen) atoms. The lowest BCUT2D eigenvalue weighted by atomic mass is 9.83. The lowest BCUT2D eigenvalue weighted by molar-refractivity contribution is -0.387. The number of nitrogens with zero attached hydrogens (tertiary/aromatic N) is 1. The highest BCUT2D eigenvalue weighted by molar-refractivity contribution is 7.89. The number of nitro benzene ring substituents is 1. The zero-order valence-corrected chi connectivity index (χ0v) is 12.5. The van der Waals surface area contributed by atoms with Crippen molar-refractivity contribution in [1.82, 2.24) is 4.72 Å². The normalized spacial score (nSPS) is 15.7. The molecule has 0 radical (unpaired) electrons. The van der Waals surface area contributed by atoms with E-state index in [2.05, 4.69) is 4.72 Å². The summed E-state index contributed by atoms with van der Waals surface area (Å²) in [6, 6.07) is 1.65. The third-order valence-electron chi connectivity index (χ3n) is 3.80. The van der Waals surface area contributed by atoms with Crippen molar-refractivity contribution in [1.29, 1.82) is 0 Å². The molecule has 1 aliphatic rings. The van der Waals surface area contributed by atoms with Gasteiger partial charge in [-0.05, 0) is 30.9 Å². The Kier molecular flexibility index (Phi) is 4.58. The van der Waals surface area contributed by atoms with Crippen molar-refractivity contribution in [2.24, 2.45) is 5.92 Å². The van der Waals surface area contributed by atoms with E-state index in [0.717, 1.165) is 31.4 Å². The number of sulfonamides is 1. The highest BCUT2D eigenvalue weighted by atomic mass is 32.2. The van der Waals surface area contributed by atoms with E-state index in [-0.39, 0.29) is 17.0 Å². The highest BCUT2D eigenvalue weighted by Crippen LogP contribution is 2.29. The number of rotatable bonds is 6. The van der Waals surface area contributed by atoms with Gasteiger partial charge in [-0.15, -0.1) is 0 Å². The SMILES string of the molecule is Cc1cc(F)c([N+](=O)[O-])cc1S(=O)(=O)NCCC1CCC1. The van der Waals surface area contributed by atoms with Crippen LogP contribution in [0, 0.1) is 28.8 Å². The molecule has 1 aliphatic carbocycles. The predicted octanol–water partition coefficient (Wildman–Crippen LogP) is 2.51. The van der Waals surface area contributed by atoms with Gasteiger partial charge in [0.25, 0.3) is 0 Å². The molecule has 8 heteroatoms. The molecule has 0 heterocycles. The number of benzene rings is 1. The van der Waals surface area contributed by atoms with Gasteiger partial charge < -0.3 is 0 Å². The molecule has 1 fully saturated rings. The van der Waals surface area contributed by atoms with E-state index in [1.165, 1.54) is 13.3 Å². The number of nitro groups is 1. The Morgan fingerprint density at radius 1 is 1.43 bits per heavy atom. The van der Waals surface area contributed by atoms with Crippen molar-refractivity contribution in [2.45, 2.75) is 37.5 Å². The van der Waals surface area contributed by atoms with Gasteiger partial charge in [0.15, 0.2) is 0 Å². The van der Waals surface area contributed by atoms with Crippen LogP contribution in [0.15, 0.2) is 17.0 Å². The van der Waals surface area contributed by atoms with Gasteiger partial charge >= 0.3 is 5.69 Å². The Labute approximate surface area is 122 Å². The third kappa shape index (κ3) is 3.56. The minimum absolute atomic E-state index is 0.147. The fourth-order valence-electron chi connectivity index (χ4n) is 2.33. The van der Waals surface area contributed by atoms with E-state index in [0.29, 0.717) is 5.92 Å². The van der Waals surface area contributed by atoms with Gasteiger partial charge in [0.05, 0.1) is 9.82 Å². The third-order valence-corrected chi connectivity index (χ3v) is 5.40. The molecule has 0 aliphatic heterocycles. The first-order valence-corrected chi connectivity index (χ1v) is 8.24. The van der Waals surface area contributed by atoms with Crippen LogP contribution in [0.25, 0.3) is 0 Å². The van der Waals surface area contributed by atoms with Crippen LogP contribution in [-0.4, -0.2) is 19.9 Å². The number of hydrogen-bond donors (Lipinski definition) is 1. The van der Waals surface area contributed by atoms with Crippen LogP contribution < -0.4 is 4.72 Å². The fraction of sp³-hybridized carbons (Fsp3) is 0.538. The number of nitrogens with one attached hydrogen (secondary N) is 1. The molecule has 0 atom stereocenters. The van der Waals surface area contributed by atoms with E-state index in [9.17, 15) is 22.9 Å². The molecule has 2 rings (SSSR count). The molecule has 116 valence electrons. The molecule has 0 spiro atoms. The standard InChI is InChI=1S/C13H17FN2O4S/c1-9-7-11(14)12(16(17)18)8-13(9)21(19,20)15-6-5-10-3-2-4-10/h7-8,10,15H,2-6H2,1H3. The van der Waals surface area contributed by atoms with Crippen LogP contribution in [-0.2, 0) is 10.0 Å². The Morgan fingerprint density at radius 3 is 2.62 bits per heavy atom. The zero-order valence-electron chi connectivity index (χ0n) is 11.6. The van der Waals surface area contributed by atoms with Gasteiger partial charge in [0.1, 0.15) is 0 Å². The lowest BCUT2D eigenvalue weighted by Gasteiger charge is -2.25. The number of hydrogen-bond acceptors (Lipinski definition) is 4. The van der Waals surface area contributed by atoms with Gasteiger partial charge in [0, 0.05) is 12.6 Å². The molecule has 6 nitrogen and oxygen atoms in total. The van der Waals surface area contributed by atoms with Crippen molar-refractivity contribution in [3.8, 4) is 0 Å². The van der Waals surface area contributed by atoms with Crippen LogP contribution in [0.4, 0.5) is 10.1 Å². The number of aryl methyl sites for hydroxylation is 1. The summed E-state index contributed by atoms with van der Waals surface area (Å²) in [5.41, 5.74) is -0.686. The van der Waals surface area contributed by atoms with Crippen LogP contribution in [0.2, 0.25) is 0 Å². The maximum absolute atomic E-state index is 13.4. The summed E-state index contributed by atoms with van der Waals surface area (Å²) in [4.78, 5) is 9.54. The second kappa shape index (κ2) is 6.07. The number of halogens is 1. The molecule has 1 N–H and O–H groups in total. The lowest BCUT2D eigenvalue weighted by Crippen LogP contribution is -2.28. The van der Waals surface area contributed by atoms with Crippen molar-refractivity contribution in [3.63, 3.8) is 0 Å². The van der Waals surface area contributed by atoms with Crippen molar-refractivity contribution in [2.75, 3.05) is 6.54 Å². The van der Waals surface area contributed by atoms with E-state index in [4.69, 9.17) is 0 Å². The van der Waals surface area contributed by atoms with E-state index >= 15 is 0 Å². The van der Waals surface area contributed by atoms with E-state index in [1.807, 2.05) is 0 Å². The van der Waals surface area contributed by atoms with Crippen molar-refractivity contribution < 1.29 is 17.7 Å². The minimum atomic E-state index is -3.86. The maximum atomic E-state index is 13.4. The van der Waals surface area contributed by atoms with Gasteiger partial charge in [-0.25, -0.2) is 13.1 Å². The monoisotopic (exact) mass is 316 g/mol. The Hall–Kier alpha value is -1.54. The van der Waals surface area contributed by atoms with Gasteiger partial charge in [0.2, 0.25) is 15.8 Å². The van der Waals surface area contributed by atoms with Gasteiger partial charge in [-0.1, -0.05) is 19.3 Å². The fourth-order valence-corrected chi connectivity index (χ4v) is 3.62. The summed E-state index contributed by atoms with van der Waals surface area (Å²) >= 11 is 0. The molecular formula is C13H17FN2O4S. The maximum Gasteiger partial charge on any atom is 0.306 e. The molecule has 0 bridgehead atoms. The van der Waals surface area contributed by atoms with Gasteiger partial charge in [-0.2, -0.15) is 4.39 Å². The van der Waals surface area contributed by atoms with Crippen LogP contribution in [0.1, 0.15) is 31.2 Å².